The molecule has 0 bridgehead atoms. The van der Waals surface area contributed by atoms with Gasteiger partial charge in [0.25, 0.3) is 10.2 Å². The van der Waals surface area contributed by atoms with Crippen molar-refractivity contribution in [1.82, 2.24) is 9.03 Å². The lowest BCUT2D eigenvalue weighted by Gasteiger charge is -2.30. The molecule has 1 atom stereocenters. The summed E-state index contributed by atoms with van der Waals surface area (Å²) in [5.41, 5.74) is 6.35. The second kappa shape index (κ2) is 6.55. The lowest BCUT2D eigenvalue weighted by Crippen LogP contribution is -2.45. The number of hydrogen-bond donors (Lipinski definition) is 2. The van der Waals surface area contributed by atoms with E-state index < -0.39 is 16.1 Å². The Labute approximate surface area is 125 Å². The first-order valence-electron chi connectivity index (χ1n) is 7.02. The Morgan fingerprint density at radius 3 is 2.62 bits per heavy atom. The topological polar surface area (TPSA) is 92.5 Å². The third kappa shape index (κ3) is 4.26. The molecule has 3 N–H and O–H groups in total. The molecular formula is C14H21N3O3S. The molecule has 1 fully saturated rings. The second-order valence-electron chi connectivity index (χ2n) is 5.49. The maximum atomic E-state index is 12.2. The van der Waals surface area contributed by atoms with Crippen molar-refractivity contribution in [2.75, 3.05) is 13.1 Å². The van der Waals surface area contributed by atoms with Crippen molar-refractivity contribution in [2.24, 2.45) is 11.7 Å². The molecule has 1 saturated heterocycles. The van der Waals surface area contributed by atoms with Gasteiger partial charge in [-0.05, 0) is 36.5 Å². The molecule has 1 heterocycles. The van der Waals surface area contributed by atoms with E-state index in [0.717, 1.165) is 18.4 Å². The number of nitrogens with one attached hydrogen (secondary N) is 1. The average molecular weight is 311 g/mol. The highest BCUT2D eigenvalue weighted by Gasteiger charge is 2.26. The van der Waals surface area contributed by atoms with Crippen molar-refractivity contribution >= 4 is 16.1 Å². The van der Waals surface area contributed by atoms with Crippen molar-refractivity contribution in [3.63, 3.8) is 0 Å². The Morgan fingerprint density at radius 2 is 2.05 bits per heavy atom. The van der Waals surface area contributed by atoms with Gasteiger partial charge in [0.15, 0.2) is 0 Å². The summed E-state index contributed by atoms with van der Waals surface area (Å²) in [5, 5.41) is 0. The van der Waals surface area contributed by atoms with E-state index in [1.807, 2.05) is 0 Å². The third-order valence-corrected chi connectivity index (χ3v) is 5.18. The van der Waals surface area contributed by atoms with Crippen LogP contribution in [0, 0.1) is 5.92 Å². The van der Waals surface area contributed by atoms with Crippen LogP contribution in [0.15, 0.2) is 24.3 Å². The Balaban J connectivity index is 1.96. The lowest BCUT2D eigenvalue weighted by atomic mass is 10.0. The summed E-state index contributed by atoms with van der Waals surface area (Å²) in [6, 6.07) is 6.58. The minimum absolute atomic E-state index is 0.201. The number of nitrogens with zero attached hydrogens (tertiary/aromatic N) is 1. The first kappa shape index (κ1) is 15.9. The number of benzene rings is 1. The average Bonchev–Trinajstić information content (AvgIpc) is 2.45. The van der Waals surface area contributed by atoms with Gasteiger partial charge in [-0.1, -0.05) is 19.1 Å². The van der Waals surface area contributed by atoms with E-state index in [0.29, 0.717) is 24.6 Å². The Bertz CT molecular complexity index is 598. The minimum atomic E-state index is -3.45. The highest BCUT2D eigenvalue weighted by molar-refractivity contribution is 7.87. The number of rotatable bonds is 5. The predicted molar refractivity (Wildman–Crippen MR) is 80.7 cm³/mol. The first-order valence-corrected chi connectivity index (χ1v) is 8.46. The van der Waals surface area contributed by atoms with Crippen LogP contribution in [-0.4, -0.2) is 31.7 Å². The summed E-state index contributed by atoms with van der Waals surface area (Å²) in [7, 11) is -3.45. The number of primary amides is 1. The summed E-state index contributed by atoms with van der Waals surface area (Å²) in [4.78, 5) is 11.0. The van der Waals surface area contributed by atoms with Gasteiger partial charge in [0.05, 0.1) is 0 Å². The zero-order chi connectivity index (χ0) is 15.5. The Morgan fingerprint density at radius 1 is 1.38 bits per heavy atom. The fourth-order valence-corrected chi connectivity index (χ4v) is 3.77. The molecule has 1 aliphatic heterocycles. The van der Waals surface area contributed by atoms with Crippen molar-refractivity contribution in [2.45, 2.75) is 26.3 Å². The highest BCUT2D eigenvalue weighted by atomic mass is 32.2. The van der Waals surface area contributed by atoms with Crippen LogP contribution >= 0.6 is 0 Å². The molecular weight excluding hydrogens is 290 g/mol. The molecule has 0 aromatic heterocycles. The van der Waals surface area contributed by atoms with Crippen molar-refractivity contribution in [3.05, 3.63) is 35.4 Å². The minimum Gasteiger partial charge on any atom is -0.366 e. The molecule has 1 amide bonds. The Kier molecular flexibility index (Phi) is 4.97. The van der Waals surface area contributed by atoms with Gasteiger partial charge in [-0.3, -0.25) is 4.79 Å². The molecule has 1 aliphatic rings. The summed E-state index contributed by atoms with van der Waals surface area (Å²) in [6.45, 7) is 3.40. The summed E-state index contributed by atoms with van der Waals surface area (Å²) in [5.74, 6) is -0.102. The number of amides is 1. The van der Waals surface area contributed by atoms with Crippen LogP contribution in [0.5, 0.6) is 0 Å². The number of carbonyl (C=O) groups excluding carboxylic acids is 1. The normalized spacial score (nSPS) is 20.3. The highest BCUT2D eigenvalue weighted by Crippen LogP contribution is 2.17. The van der Waals surface area contributed by atoms with Gasteiger partial charge in [-0.25, -0.2) is 0 Å². The summed E-state index contributed by atoms with van der Waals surface area (Å²) < 4.78 is 28.5. The summed E-state index contributed by atoms with van der Waals surface area (Å²) >= 11 is 0. The maximum Gasteiger partial charge on any atom is 0.279 e. The van der Waals surface area contributed by atoms with Crippen molar-refractivity contribution < 1.29 is 13.2 Å². The van der Waals surface area contributed by atoms with Gasteiger partial charge in [0.1, 0.15) is 0 Å². The van der Waals surface area contributed by atoms with E-state index >= 15 is 0 Å². The van der Waals surface area contributed by atoms with E-state index in [-0.39, 0.29) is 6.54 Å². The largest absolute Gasteiger partial charge is 0.366 e. The van der Waals surface area contributed by atoms with Crippen LogP contribution < -0.4 is 10.5 Å². The molecule has 7 heteroatoms. The molecule has 1 unspecified atom stereocenters. The standard InChI is InChI=1S/C14H21N3O3S/c1-11-3-2-8-17(10-11)21(19,20)16-9-12-4-6-13(7-5-12)14(15)18/h4-7,11,16H,2-3,8-10H2,1H3,(H2,15,18). The predicted octanol–water partition coefficient (Wildman–Crippen LogP) is 0.852. The van der Waals surface area contributed by atoms with Crippen LogP contribution in [0.3, 0.4) is 0 Å². The lowest BCUT2D eigenvalue weighted by molar-refractivity contribution is 0.100. The van der Waals surface area contributed by atoms with Crippen molar-refractivity contribution in [1.29, 1.82) is 0 Å². The molecule has 0 spiro atoms. The fourth-order valence-electron chi connectivity index (χ4n) is 2.42. The van der Waals surface area contributed by atoms with Crippen molar-refractivity contribution in [3.8, 4) is 0 Å². The van der Waals surface area contributed by atoms with Gasteiger partial charge >= 0.3 is 0 Å². The number of piperidine rings is 1. The van der Waals surface area contributed by atoms with E-state index in [9.17, 15) is 13.2 Å². The van der Waals surface area contributed by atoms with E-state index in [1.165, 1.54) is 4.31 Å². The maximum absolute atomic E-state index is 12.2. The van der Waals surface area contributed by atoms with E-state index in [4.69, 9.17) is 5.73 Å². The molecule has 21 heavy (non-hydrogen) atoms. The molecule has 1 aromatic rings. The molecule has 0 radical (unpaired) electrons. The Hall–Kier alpha value is -1.44. The molecule has 1 aromatic carbocycles. The number of hydrogen-bond acceptors (Lipinski definition) is 3. The van der Waals surface area contributed by atoms with Crippen LogP contribution in [0.2, 0.25) is 0 Å². The first-order chi connectivity index (χ1) is 9.88. The van der Waals surface area contributed by atoms with Gasteiger partial charge in [-0.15, -0.1) is 0 Å². The molecule has 0 aliphatic carbocycles. The van der Waals surface area contributed by atoms with E-state index in [2.05, 4.69) is 11.6 Å². The van der Waals surface area contributed by atoms with Crippen LogP contribution in [0.25, 0.3) is 0 Å². The quantitative estimate of drug-likeness (QED) is 0.844. The SMILES string of the molecule is CC1CCCN(S(=O)(=O)NCc2ccc(C(N)=O)cc2)C1. The monoisotopic (exact) mass is 311 g/mol. The molecule has 0 saturated carbocycles. The smallest absolute Gasteiger partial charge is 0.279 e. The van der Waals surface area contributed by atoms with Gasteiger partial charge in [0, 0.05) is 25.2 Å². The fraction of sp³-hybridized carbons (Fsp3) is 0.500. The van der Waals surface area contributed by atoms with Gasteiger partial charge in [0.2, 0.25) is 5.91 Å². The van der Waals surface area contributed by atoms with Crippen LogP contribution in [-0.2, 0) is 16.8 Å². The zero-order valence-corrected chi connectivity index (χ0v) is 12.9. The molecule has 2 rings (SSSR count). The van der Waals surface area contributed by atoms with Gasteiger partial charge < -0.3 is 5.73 Å². The van der Waals surface area contributed by atoms with Gasteiger partial charge in [-0.2, -0.15) is 17.4 Å². The number of nitrogens with two attached hydrogens (primary N) is 1. The number of carbonyl (C=O) groups is 1. The van der Waals surface area contributed by atoms with Crippen LogP contribution in [0.1, 0.15) is 35.7 Å². The summed E-state index contributed by atoms with van der Waals surface area (Å²) in [6.07, 6.45) is 1.97. The second-order valence-corrected chi connectivity index (χ2v) is 7.25. The van der Waals surface area contributed by atoms with E-state index in [1.54, 1.807) is 24.3 Å². The molecule has 116 valence electrons. The van der Waals surface area contributed by atoms with Crippen LogP contribution in [0.4, 0.5) is 0 Å². The third-order valence-electron chi connectivity index (χ3n) is 3.66. The zero-order valence-electron chi connectivity index (χ0n) is 12.1. The molecule has 6 nitrogen and oxygen atoms in total.